The van der Waals surface area contributed by atoms with Crippen LogP contribution in [-0.4, -0.2) is 49.2 Å². The molecule has 0 radical (unpaired) electrons. The number of methoxy groups -OCH3 is 2. The van der Waals surface area contributed by atoms with E-state index in [-0.39, 0.29) is 6.61 Å². The van der Waals surface area contributed by atoms with E-state index in [1.54, 1.807) is 12.2 Å². The zero-order chi connectivity index (χ0) is 18.7. The standard InChI is InChI=1S/C19H19NO6/c1-24-16(21)10-13-14-8-9-15(17(13)18(22)25-2)20(14)19(23)26-11-12-6-4-3-5-7-12/h3-10,14-15,17H,11H2,1-2H3/b13-10+/t14-,15+,17-/m1/s1. The lowest BCUT2D eigenvalue weighted by Crippen LogP contribution is -2.38. The highest BCUT2D eigenvalue weighted by molar-refractivity contribution is 5.89. The Labute approximate surface area is 150 Å². The Morgan fingerprint density at radius 3 is 2.46 bits per heavy atom. The van der Waals surface area contributed by atoms with E-state index in [9.17, 15) is 14.4 Å². The van der Waals surface area contributed by atoms with Crippen LogP contribution in [0.25, 0.3) is 0 Å². The first-order chi connectivity index (χ1) is 12.6. The minimum Gasteiger partial charge on any atom is -0.468 e. The zero-order valence-corrected chi connectivity index (χ0v) is 14.5. The molecule has 0 N–H and O–H groups in total. The van der Waals surface area contributed by atoms with Crippen molar-refractivity contribution in [2.75, 3.05) is 14.2 Å². The van der Waals surface area contributed by atoms with Gasteiger partial charge in [-0.1, -0.05) is 42.5 Å². The van der Waals surface area contributed by atoms with Crippen molar-refractivity contribution in [1.82, 2.24) is 4.90 Å². The monoisotopic (exact) mass is 357 g/mol. The Morgan fingerprint density at radius 1 is 1.08 bits per heavy atom. The van der Waals surface area contributed by atoms with Crippen LogP contribution in [-0.2, 0) is 30.4 Å². The van der Waals surface area contributed by atoms with Gasteiger partial charge in [0, 0.05) is 6.08 Å². The highest BCUT2D eigenvalue weighted by atomic mass is 16.6. The van der Waals surface area contributed by atoms with Gasteiger partial charge in [-0.2, -0.15) is 0 Å². The molecule has 3 rings (SSSR count). The molecule has 2 aliphatic heterocycles. The van der Waals surface area contributed by atoms with Gasteiger partial charge in [0.25, 0.3) is 0 Å². The maximum Gasteiger partial charge on any atom is 0.411 e. The fourth-order valence-corrected chi connectivity index (χ4v) is 3.32. The Balaban J connectivity index is 1.80. The van der Waals surface area contributed by atoms with E-state index in [1.165, 1.54) is 25.2 Å². The summed E-state index contributed by atoms with van der Waals surface area (Å²) in [5.74, 6) is -1.86. The number of amides is 1. The number of esters is 2. The molecule has 0 aliphatic carbocycles. The van der Waals surface area contributed by atoms with Crippen LogP contribution in [0.2, 0.25) is 0 Å². The number of carbonyl (C=O) groups excluding carboxylic acids is 3. The minimum absolute atomic E-state index is 0.120. The Kier molecular flexibility index (Phi) is 5.06. The summed E-state index contributed by atoms with van der Waals surface area (Å²) in [5.41, 5.74) is 1.32. The van der Waals surface area contributed by atoms with Crippen molar-refractivity contribution in [3.8, 4) is 0 Å². The Hall–Kier alpha value is -3.09. The lowest BCUT2D eigenvalue weighted by Gasteiger charge is -2.22. The van der Waals surface area contributed by atoms with Gasteiger partial charge < -0.3 is 14.2 Å². The zero-order valence-electron chi connectivity index (χ0n) is 14.5. The van der Waals surface area contributed by atoms with Crippen molar-refractivity contribution in [3.63, 3.8) is 0 Å². The third kappa shape index (κ3) is 3.20. The second-order valence-electron chi connectivity index (χ2n) is 5.94. The van der Waals surface area contributed by atoms with Crippen molar-refractivity contribution >= 4 is 18.0 Å². The summed E-state index contributed by atoms with van der Waals surface area (Å²) in [5, 5.41) is 0. The van der Waals surface area contributed by atoms with E-state index >= 15 is 0 Å². The molecule has 1 amide bonds. The first-order valence-electron chi connectivity index (χ1n) is 8.11. The first-order valence-corrected chi connectivity index (χ1v) is 8.11. The van der Waals surface area contributed by atoms with E-state index in [0.717, 1.165) is 5.56 Å². The number of fused-ring (bicyclic) bond motifs is 2. The molecule has 1 aromatic carbocycles. The van der Waals surface area contributed by atoms with Crippen LogP contribution in [0.5, 0.6) is 0 Å². The normalized spacial score (nSPS) is 24.6. The molecule has 2 heterocycles. The van der Waals surface area contributed by atoms with Gasteiger partial charge in [0.2, 0.25) is 0 Å². The third-order valence-corrected chi connectivity index (χ3v) is 4.51. The Morgan fingerprint density at radius 2 is 1.81 bits per heavy atom. The summed E-state index contributed by atoms with van der Waals surface area (Å²) in [6.45, 7) is 0.120. The second-order valence-corrected chi connectivity index (χ2v) is 5.94. The van der Waals surface area contributed by atoms with Crippen LogP contribution in [0, 0.1) is 5.92 Å². The fourth-order valence-electron chi connectivity index (χ4n) is 3.32. The van der Waals surface area contributed by atoms with E-state index in [0.29, 0.717) is 5.57 Å². The van der Waals surface area contributed by atoms with Gasteiger partial charge in [-0.25, -0.2) is 9.59 Å². The summed E-state index contributed by atoms with van der Waals surface area (Å²) in [6, 6.07) is 8.20. The number of hydrogen-bond acceptors (Lipinski definition) is 6. The van der Waals surface area contributed by atoms with Gasteiger partial charge in [-0.3, -0.25) is 9.69 Å². The summed E-state index contributed by atoms with van der Waals surface area (Å²) in [7, 11) is 2.52. The molecule has 0 aromatic heterocycles. The van der Waals surface area contributed by atoms with Crippen LogP contribution < -0.4 is 0 Å². The molecule has 136 valence electrons. The van der Waals surface area contributed by atoms with Gasteiger partial charge in [0.05, 0.1) is 26.3 Å². The summed E-state index contributed by atoms with van der Waals surface area (Å²) in [4.78, 5) is 37.9. The van der Waals surface area contributed by atoms with E-state index in [4.69, 9.17) is 9.47 Å². The average molecular weight is 357 g/mol. The fraction of sp³-hybridized carbons (Fsp3) is 0.316. The van der Waals surface area contributed by atoms with Crippen molar-refractivity contribution in [3.05, 3.63) is 59.7 Å². The van der Waals surface area contributed by atoms with Crippen LogP contribution in [0.4, 0.5) is 4.79 Å². The van der Waals surface area contributed by atoms with Crippen molar-refractivity contribution in [1.29, 1.82) is 0 Å². The predicted octanol–water partition coefficient (Wildman–Crippen LogP) is 1.83. The molecule has 1 aromatic rings. The van der Waals surface area contributed by atoms with Crippen molar-refractivity contribution in [2.45, 2.75) is 18.7 Å². The third-order valence-electron chi connectivity index (χ3n) is 4.51. The van der Waals surface area contributed by atoms with Crippen LogP contribution >= 0.6 is 0 Å². The molecular formula is C19H19NO6. The average Bonchev–Trinajstić information content (AvgIpc) is 3.22. The lowest BCUT2D eigenvalue weighted by molar-refractivity contribution is -0.144. The molecule has 26 heavy (non-hydrogen) atoms. The molecule has 0 spiro atoms. The largest absolute Gasteiger partial charge is 0.468 e. The second kappa shape index (κ2) is 7.43. The van der Waals surface area contributed by atoms with Gasteiger partial charge in [-0.05, 0) is 11.1 Å². The Bertz CT molecular complexity index is 769. The highest BCUT2D eigenvalue weighted by Crippen LogP contribution is 2.42. The van der Waals surface area contributed by atoms with E-state index < -0.39 is 36.0 Å². The van der Waals surface area contributed by atoms with Gasteiger partial charge >= 0.3 is 18.0 Å². The maximum atomic E-state index is 12.6. The number of hydrogen-bond donors (Lipinski definition) is 0. The van der Waals surface area contributed by atoms with Gasteiger partial charge in [-0.15, -0.1) is 0 Å². The van der Waals surface area contributed by atoms with E-state index in [2.05, 4.69) is 4.74 Å². The lowest BCUT2D eigenvalue weighted by atomic mass is 9.88. The molecular weight excluding hydrogens is 338 g/mol. The molecule has 2 aliphatic rings. The molecule has 0 unspecified atom stereocenters. The number of ether oxygens (including phenoxy) is 3. The molecule has 3 atom stereocenters. The van der Waals surface area contributed by atoms with Gasteiger partial charge in [0.15, 0.2) is 0 Å². The number of benzene rings is 1. The smallest absolute Gasteiger partial charge is 0.411 e. The number of carbonyl (C=O) groups is 3. The van der Waals surface area contributed by atoms with Gasteiger partial charge in [0.1, 0.15) is 12.5 Å². The SMILES string of the molecule is COC(=O)/C=C1/[C@@H](C(=O)OC)[C@@H]2C=C[C@H]1N2C(=O)OCc1ccccc1. The molecule has 0 saturated carbocycles. The van der Waals surface area contributed by atoms with Crippen molar-refractivity contribution < 1.29 is 28.6 Å². The molecule has 2 bridgehead atoms. The number of nitrogens with zero attached hydrogens (tertiary/aromatic N) is 1. The highest BCUT2D eigenvalue weighted by Gasteiger charge is 2.53. The predicted molar refractivity (Wildman–Crippen MR) is 90.8 cm³/mol. The van der Waals surface area contributed by atoms with E-state index in [1.807, 2.05) is 30.3 Å². The minimum atomic E-state index is -0.752. The molecule has 7 heteroatoms. The summed E-state index contributed by atoms with van der Waals surface area (Å²) in [6.07, 6.45) is 4.21. The first kappa shape index (κ1) is 17.7. The molecule has 1 fully saturated rings. The quantitative estimate of drug-likeness (QED) is 0.354. The van der Waals surface area contributed by atoms with Crippen LogP contribution in [0.1, 0.15) is 5.56 Å². The topological polar surface area (TPSA) is 82.1 Å². The summed E-state index contributed by atoms with van der Waals surface area (Å²) >= 11 is 0. The van der Waals surface area contributed by atoms with Crippen molar-refractivity contribution in [2.24, 2.45) is 5.92 Å². The molecule has 7 nitrogen and oxygen atoms in total. The summed E-state index contributed by atoms with van der Waals surface area (Å²) < 4.78 is 14.9. The molecule has 1 saturated heterocycles. The van der Waals surface area contributed by atoms with Crippen LogP contribution in [0.3, 0.4) is 0 Å². The van der Waals surface area contributed by atoms with Crippen LogP contribution in [0.15, 0.2) is 54.1 Å². The maximum absolute atomic E-state index is 12.6. The number of rotatable bonds is 4.